The fraction of sp³-hybridized carbons (Fsp3) is 0.429. The van der Waals surface area contributed by atoms with Crippen LogP contribution >= 0.6 is 0 Å². The van der Waals surface area contributed by atoms with Crippen LogP contribution in [0.5, 0.6) is 0 Å². The lowest BCUT2D eigenvalue weighted by Gasteiger charge is -2.28. The summed E-state index contributed by atoms with van der Waals surface area (Å²) in [5, 5.41) is 15.7. The molecule has 3 aromatic heterocycles. The van der Waals surface area contributed by atoms with Crippen molar-refractivity contribution < 1.29 is 33.4 Å². The number of fused-ring (bicyclic) bond motifs is 1. The molecule has 296 valence electrons. The predicted molar refractivity (Wildman–Crippen MR) is 208 cm³/mol. The number of aliphatic hydroxyl groups is 1. The first kappa shape index (κ1) is 36.7. The zero-order chi connectivity index (χ0) is 39.2. The minimum absolute atomic E-state index is 0.0877. The van der Waals surface area contributed by atoms with Crippen LogP contribution in [0, 0.1) is 11.8 Å². The Labute approximate surface area is 328 Å². The summed E-state index contributed by atoms with van der Waals surface area (Å²) in [6.45, 7) is 0.560. The number of furan rings is 1. The summed E-state index contributed by atoms with van der Waals surface area (Å²) in [6, 6.07) is 14.4. The number of amides is 4. The van der Waals surface area contributed by atoms with Crippen molar-refractivity contribution >= 4 is 34.8 Å². The second kappa shape index (κ2) is 15.2. The number of nitrogens with zero attached hydrogens (tertiary/aromatic N) is 4. The number of H-pyrrole nitrogens is 2. The van der Waals surface area contributed by atoms with Crippen LogP contribution in [0.3, 0.4) is 0 Å². The summed E-state index contributed by atoms with van der Waals surface area (Å²) >= 11 is 0. The average molecular weight is 775 g/mol. The van der Waals surface area contributed by atoms with Crippen molar-refractivity contribution in [3.63, 3.8) is 0 Å². The summed E-state index contributed by atoms with van der Waals surface area (Å²) in [7, 11) is 1.31. The third-order valence-corrected chi connectivity index (χ3v) is 11.8. The maximum Gasteiger partial charge on any atom is 0.407 e. The molecule has 0 bridgehead atoms. The van der Waals surface area contributed by atoms with E-state index in [0.717, 1.165) is 102 Å². The molecule has 9 rings (SSSR count). The van der Waals surface area contributed by atoms with Crippen LogP contribution in [0.15, 0.2) is 65.3 Å². The number of rotatable bonds is 12. The third-order valence-electron chi connectivity index (χ3n) is 11.8. The van der Waals surface area contributed by atoms with Crippen LogP contribution in [0.2, 0.25) is 0 Å². The zero-order valence-corrected chi connectivity index (χ0v) is 31.7. The Morgan fingerprint density at radius 3 is 1.88 bits per heavy atom. The molecule has 15 heteroatoms. The number of methoxy groups -OCH3 is 1. The van der Waals surface area contributed by atoms with Crippen molar-refractivity contribution in [1.82, 2.24) is 40.4 Å². The van der Waals surface area contributed by atoms with E-state index in [9.17, 15) is 24.3 Å². The molecule has 2 aliphatic carbocycles. The summed E-state index contributed by atoms with van der Waals surface area (Å²) in [5.41, 5.74) is 5.23. The van der Waals surface area contributed by atoms with Gasteiger partial charge in [0.05, 0.1) is 43.0 Å². The first-order chi connectivity index (χ1) is 27.8. The fourth-order valence-electron chi connectivity index (χ4n) is 8.49. The Kier molecular flexibility index (Phi) is 9.76. The summed E-state index contributed by atoms with van der Waals surface area (Å²) < 4.78 is 11.1. The number of hydrogen-bond acceptors (Lipinski definition) is 9. The quantitative estimate of drug-likeness (QED) is 0.113. The van der Waals surface area contributed by atoms with Gasteiger partial charge in [-0.3, -0.25) is 14.4 Å². The van der Waals surface area contributed by atoms with Crippen LogP contribution in [0.1, 0.15) is 75.1 Å². The SMILES string of the molecule is COC(=O)N[C@H](C(=O)N1CCC[C@H]1c1ncc(-c2ccc(-c3cc4cc(-c5cnc([C@@H]6CCCN6C(=O)[C@@H](NC(=O)CO)C6CC6)[nH]5)ccc4o3)cc2)[nH]1)C1CC1. The molecule has 2 aromatic carbocycles. The number of ether oxygens (including phenoxy) is 1. The number of carbonyl (C=O) groups is 4. The van der Waals surface area contributed by atoms with Crippen LogP contribution in [-0.4, -0.2) is 97.5 Å². The number of nitrogens with one attached hydrogen (secondary N) is 4. The lowest BCUT2D eigenvalue weighted by Crippen LogP contribution is -2.50. The molecular formula is C42H46N8O7. The van der Waals surface area contributed by atoms with Gasteiger partial charge in [0.1, 0.15) is 41.7 Å². The molecule has 0 radical (unpaired) electrons. The van der Waals surface area contributed by atoms with Crippen LogP contribution in [-0.2, 0) is 19.1 Å². The minimum Gasteiger partial charge on any atom is -0.456 e. The van der Waals surface area contributed by atoms with E-state index >= 15 is 0 Å². The number of likely N-dealkylation sites (tertiary alicyclic amines) is 2. The van der Waals surface area contributed by atoms with Crippen LogP contribution in [0.4, 0.5) is 4.79 Å². The maximum atomic E-state index is 13.6. The predicted octanol–water partition coefficient (Wildman–Crippen LogP) is 5.23. The van der Waals surface area contributed by atoms with Crippen molar-refractivity contribution in [2.75, 3.05) is 26.8 Å². The van der Waals surface area contributed by atoms with Gasteiger partial charge >= 0.3 is 6.09 Å². The van der Waals surface area contributed by atoms with Gasteiger partial charge in [0.25, 0.3) is 0 Å². The van der Waals surface area contributed by atoms with Gasteiger partial charge in [-0.25, -0.2) is 14.8 Å². The highest BCUT2D eigenvalue weighted by Crippen LogP contribution is 2.40. The second-order valence-corrected chi connectivity index (χ2v) is 15.7. The molecule has 2 saturated heterocycles. The molecular weight excluding hydrogens is 729 g/mol. The van der Waals surface area contributed by atoms with Gasteiger partial charge in [-0.1, -0.05) is 24.3 Å². The van der Waals surface area contributed by atoms with Gasteiger partial charge in [0.2, 0.25) is 17.7 Å². The Morgan fingerprint density at radius 1 is 0.772 bits per heavy atom. The van der Waals surface area contributed by atoms with E-state index in [2.05, 4.69) is 31.7 Å². The molecule has 4 fully saturated rings. The van der Waals surface area contributed by atoms with E-state index in [-0.39, 0.29) is 35.7 Å². The lowest BCUT2D eigenvalue weighted by atomic mass is 10.1. The molecule has 0 spiro atoms. The smallest absolute Gasteiger partial charge is 0.407 e. The molecule has 5 heterocycles. The topological polar surface area (TPSA) is 199 Å². The molecule has 4 atom stereocenters. The molecule has 2 aliphatic heterocycles. The van der Waals surface area contributed by atoms with Crippen molar-refractivity contribution in [3.8, 4) is 33.8 Å². The number of hydrogen-bond donors (Lipinski definition) is 5. The van der Waals surface area contributed by atoms with Crippen molar-refractivity contribution in [3.05, 3.63) is 72.6 Å². The average Bonchev–Trinajstić information content (AvgIpc) is 3.82. The van der Waals surface area contributed by atoms with Crippen molar-refractivity contribution in [2.45, 2.75) is 75.5 Å². The van der Waals surface area contributed by atoms with E-state index in [1.807, 2.05) is 52.3 Å². The Balaban J connectivity index is 0.873. The van der Waals surface area contributed by atoms with E-state index in [4.69, 9.17) is 14.1 Å². The molecule has 15 nitrogen and oxygen atoms in total. The molecule has 0 unspecified atom stereocenters. The lowest BCUT2D eigenvalue weighted by molar-refractivity contribution is -0.138. The number of aliphatic hydroxyl groups excluding tert-OH is 1. The summed E-state index contributed by atoms with van der Waals surface area (Å²) in [6.07, 6.45) is 9.84. The Morgan fingerprint density at radius 2 is 1.32 bits per heavy atom. The number of benzene rings is 2. The molecule has 4 amide bonds. The van der Waals surface area contributed by atoms with Gasteiger partial charge in [-0.15, -0.1) is 0 Å². The van der Waals surface area contributed by atoms with Gasteiger partial charge in [0, 0.05) is 29.6 Å². The van der Waals surface area contributed by atoms with Gasteiger partial charge in [0.15, 0.2) is 0 Å². The summed E-state index contributed by atoms with van der Waals surface area (Å²) in [5.74, 6) is 1.67. The number of carbonyl (C=O) groups excluding carboxylic acids is 4. The highest BCUT2D eigenvalue weighted by molar-refractivity contribution is 5.90. The second-order valence-electron chi connectivity index (χ2n) is 15.7. The Bertz CT molecular complexity index is 2310. The number of alkyl carbamates (subject to hydrolysis) is 1. The Hall–Kier alpha value is -5.96. The van der Waals surface area contributed by atoms with Gasteiger partial charge < -0.3 is 44.7 Å². The van der Waals surface area contributed by atoms with E-state index < -0.39 is 30.7 Å². The molecule has 4 aliphatic rings. The monoisotopic (exact) mass is 774 g/mol. The third kappa shape index (κ3) is 7.39. The van der Waals surface area contributed by atoms with E-state index in [0.29, 0.717) is 18.9 Å². The first-order valence-corrected chi connectivity index (χ1v) is 19.9. The van der Waals surface area contributed by atoms with Gasteiger partial charge in [-0.05, 0) is 93.0 Å². The standard InChI is InChI=1S/C42H46N8O7/c1-56-42(55)48-37(26-12-13-26)41(54)50-17-3-4-31(50)38-43-20-29(45-38)23-6-8-24(9-7-23)34-19-28-18-27(14-15-33(28)57-34)30-21-44-39(46-30)32-5-2-16-49(32)40(53)36(25-10-11-25)47-35(52)22-51/h6-9,14-15,18-21,25-26,31-32,36-37,51H,2-5,10-13,16-17,22H2,1H3,(H,43,45)(H,44,46)(H,47,52)(H,48,55)/t31-,32-,36-,37-/m0/s1. The van der Waals surface area contributed by atoms with E-state index in [1.165, 1.54) is 7.11 Å². The zero-order valence-electron chi connectivity index (χ0n) is 31.7. The summed E-state index contributed by atoms with van der Waals surface area (Å²) in [4.78, 5) is 71.1. The molecule has 5 N–H and O–H groups in total. The van der Waals surface area contributed by atoms with Crippen molar-refractivity contribution in [2.24, 2.45) is 11.8 Å². The minimum atomic E-state index is -0.642. The number of imidazole rings is 2. The molecule has 5 aromatic rings. The molecule has 57 heavy (non-hydrogen) atoms. The highest BCUT2D eigenvalue weighted by Gasteiger charge is 2.44. The van der Waals surface area contributed by atoms with Crippen LogP contribution < -0.4 is 10.6 Å². The maximum absolute atomic E-state index is 13.6. The number of aromatic nitrogens is 4. The van der Waals surface area contributed by atoms with E-state index in [1.54, 1.807) is 12.4 Å². The normalized spacial score (nSPS) is 20.5. The largest absolute Gasteiger partial charge is 0.456 e. The molecule has 2 saturated carbocycles. The van der Waals surface area contributed by atoms with Crippen LogP contribution in [0.25, 0.3) is 44.8 Å². The number of aromatic amines is 2. The first-order valence-electron chi connectivity index (χ1n) is 19.9. The highest BCUT2D eigenvalue weighted by atomic mass is 16.5. The van der Waals surface area contributed by atoms with Crippen molar-refractivity contribution in [1.29, 1.82) is 0 Å². The fourth-order valence-corrected chi connectivity index (χ4v) is 8.49. The van der Waals surface area contributed by atoms with Gasteiger partial charge in [-0.2, -0.15) is 0 Å².